The van der Waals surface area contributed by atoms with Gasteiger partial charge in [-0.2, -0.15) is 5.10 Å². The maximum absolute atomic E-state index is 5.99. The number of anilines is 2. The van der Waals surface area contributed by atoms with Crippen molar-refractivity contribution in [1.82, 2.24) is 24.7 Å². The minimum Gasteiger partial charge on any atom is -0.353 e. The average molecular weight is 435 g/mol. The SMILES string of the molecule is Cc1nc(N2CCN(c3ncc(Cl)cc3Br)CC2)cc(-n2cccn2)n1. The highest BCUT2D eigenvalue weighted by molar-refractivity contribution is 9.10. The van der Waals surface area contributed by atoms with Gasteiger partial charge < -0.3 is 9.80 Å². The average Bonchev–Trinajstić information content (AvgIpc) is 3.16. The monoisotopic (exact) mass is 433 g/mol. The molecule has 0 bridgehead atoms. The summed E-state index contributed by atoms with van der Waals surface area (Å²) in [7, 11) is 0. The largest absolute Gasteiger partial charge is 0.353 e. The summed E-state index contributed by atoms with van der Waals surface area (Å²) in [4.78, 5) is 18.1. The van der Waals surface area contributed by atoms with E-state index in [-0.39, 0.29) is 0 Å². The molecule has 4 rings (SSSR count). The molecule has 1 saturated heterocycles. The summed E-state index contributed by atoms with van der Waals surface area (Å²) in [6.07, 6.45) is 5.30. The number of piperazine rings is 1. The Bertz CT molecular complexity index is 907. The van der Waals surface area contributed by atoms with E-state index in [0.717, 1.165) is 53.9 Å². The number of rotatable bonds is 3. The molecule has 0 radical (unpaired) electrons. The summed E-state index contributed by atoms with van der Waals surface area (Å²) in [5.41, 5.74) is 0. The summed E-state index contributed by atoms with van der Waals surface area (Å²) in [5.74, 6) is 3.36. The Morgan fingerprint density at radius 3 is 2.46 bits per heavy atom. The molecule has 7 nitrogen and oxygen atoms in total. The van der Waals surface area contributed by atoms with Crippen LogP contribution in [0.1, 0.15) is 5.82 Å². The van der Waals surface area contributed by atoms with Crippen molar-refractivity contribution in [2.24, 2.45) is 0 Å². The van der Waals surface area contributed by atoms with Crippen LogP contribution < -0.4 is 9.80 Å². The molecule has 0 N–H and O–H groups in total. The number of hydrogen-bond acceptors (Lipinski definition) is 6. The minimum absolute atomic E-state index is 0.627. The summed E-state index contributed by atoms with van der Waals surface area (Å²) in [5, 5.41) is 4.88. The third-order valence-electron chi connectivity index (χ3n) is 4.24. The summed E-state index contributed by atoms with van der Waals surface area (Å²) in [6.45, 7) is 5.32. The van der Waals surface area contributed by atoms with Crippen LogP contribution in [0.5, 0.6) is 0 Å². The van der Waals surface area contributed by atoms with Gasteiger partial charge in [-0.3, -0.25) is 0 Å². The molecule has 1 fully saturated rings. The van der Waals surface area contributed by atoms with Crippen molar-refractivity contribution in [3.05, 3.63) is 52.1 Å². The lowest BCUT2D eigenvalue weighted by Gasteiger charge is -2.36. The second kappa shape index (κ2) is 7.20. The first kappa shape index (κ1) is 17.2. The van der Waals surface area contributed by atoms with Crippen LogP contribution in [0.25, 0.3) is 5.82 Å². The van der Waals surface area contributed by atoms with E-state index < -0.39 is 0 Å². The predicted octanol–water partition coefficient (Wildman–Crippen LogP) is 3.11. The van der Waals surface area contributed by atoms with Crippen molar-refractivity contribution in [2.45, 2.75) is 6.92 Å². The molecule has 3 aromatic heterocycles. The number of aromatic nitrogens is 5. The van der Waals surface area contributed by atoms with Gasteiger partial charge in [-0.15, -0.1) is 0 Å². The molecule has 0 amide bonds. The van der Waals surface area contributed by atoms with E-state index in [1.54, 1.807) is 17.1 Å². The second-order valence-electron chi connectivity index (χ2n) is 6.02. The van der Waals surface area contributed by atoms with E-state index >= 15 is 0 Å². The second-order valence-corrected chi connectivity index (χ2v) is 7.31. The Balaban J connectivity index is 1.51. The molecule has 4 heterocycles. The molecule has 3 aromatic rings. The van der Waals surface area contributed by atoms with Gasteiger partial charge in [0.25, 0.3) is 0 Å². The first-order chi connectivity index (χ1) is 12.6. The maximum Gasteiger partial charge on any atom is 0.159 e. The van der Waals surface area contributed by atoms with Crippen LogP contribution in [-0.2, 0) is 0 Å². The van der Waals surface area contributed by atoms with Crippen LogP contribution >= 0.6 is 27.5 Å². The Hall–Kier alpha value is -2.19. The molecule has 0 unspecified atom stereocenters. The minimum atomic E-state index is 0.627. The van der Waals surface area contributed by atoms with E-state index in [1.165, 1.54) is 0 Å². The molecule has 0 atom stereocenters. The van der Waals surface area contributed by atoms with Gasteiger partial charge in [-0.1, -0.05) is 11.6 Å². The highest BCUT2D eigenvalue weighted by atomic mass is 79.9. The number of halogens is 2. The number of pyridine rings is 1. The van der Waals surface area contributed by atoms with Gasteiger partial charge in [0.1, 0.15) is 17.5 Å². The number of nitrogens with zero attached hydrogens (tertiary/aromatic N) is 7. The third-order valence-corrected chi connectivity index (χ3v) is 5.03. The molecule has 0 spiro atoms. The predicted molar refractivity (Wildman–Crippen MR) is 105 cm³/mol. The molecule has 26 heavy (non-hydrogen) atoms. The molecule has 0 aliphatic carbocycles. The van der Waals surface area contributed by atoms with E-state index in [4.69, 9.17) is 11.6 Å². The van der Waals surface area contributed by atoms with Crippen molar-refractivity contribution in [3.63, 3.8) is 0 Å². The van der Waals surface area contributed by atoms with E-state index in [2.05, 4.69) is 45.8 Å². The Labute approximate surface area is 164 Å². The highest BCUT2D eigenvalue weighted by Gasteiger charge is 2.21. The Morgan fingerprint density at radius 2 is 1.77 bits per heavy atom. The Morgan fingerprint density at radius 1 is 1.04 bits per heavy atom. The van der Waals surface area contributed by atoms with Gasteiger partial charge in [-0.25, -0.2) is 19.6 Å². The molecule has 0 aromatic carbocycles. The van der Waals surface area contributed by atoms with Gasteiger partial charge >= 0.3 is 0 Å². The van der Waals surface area contributed by atoms with E-state index in [1.807, 2.05) is 31.3 Å². The van der Waals surface area contributed by atoms with Gasteiger partial charge in [0.05, 0.1) is 9.50 Å². The van der Waals surface area contributed by atoms with E-state index in [9.17, 15) is 0 Å². The zero-order chi connectivity index (χ0) is 18.1. The first-order valence-corrected chi connectivity index (χ1v) is 9.44. The van der Waals surface area contributed by atoms with Crippen molar-refractivity contribution < 1.29 is 0 Å². The molecular weight excluding hydrogens is 418 g/mol. The van der Waals surface area contributed by atoms with E-state index in [0.29, 0.717) is 5.02 Å². The molecular formula is C17H17BrClN7. The fourth-order valence-electron chi connectivity index (χ4n) is 3.01. The molecule has 1 aliphatic rings. The van der Waals surface area contributed by atoms with Crippen molar-refractivity contribution >= 4 is 39.2 Å². The molecule has 134 valence electrons. The Kier molecular flexibility index (Phi) is 4.78. The first-order valence-electron chi connectivity index (χ1n) is 8.27. The van der Waals surface area contributed by atoms with Gasteiger partial charge in [0.2, 0.25) is 0 Å². The summed E-state index contributed by atoms with van der Waals surface area (Å²) >= 11 is 9.54. The summed E-state index contributed by atoms with van der Waals surface area (Å²) in [6, 6.07) is 5.74. The van der Waals surface area contributed by atoms with Gasteiger partial charge in [-0.05, 0) is 35.0 Å². The number of hydrogen-bond donors (Lipinski definition) is 0. The smallest absolute Gasteiger partial charge is 0.159 e. The van der Waals surface area contributed by atoms with Crippen LogP contribution in [0.3, 0.4) is 0 Å². The highest BCUT2D eigenvalue weighted by Crippen LogP contribution is 2.28. The van der Waals surface area contributed by atoms with Gasteiger partial charge in [0, 0.05) is 50.8 Å². The lowest BCUT2D eigenvalue weighted by molar-refractivity contribution is 0.638. The normalized spacial score (nSPS) is 14.7. The zero-order valence-corrected chi connectivity index (χ0v) is 16.5. The van der Waals surface area contributed by atoms with Crippen molar-refractivity contribution in [3.8, 4) is 5.82 Å². The fraction of sp³-hybridized carbons (Fsp3) is 0.294. The zero-order valence-electron chi connectivity index (χ0n) is 14.2. The lowest BCUT2D eigenvalue weighted by atomic mass is 10.3. The molecule has 1 aliphatic heterocycles. The van der Waals surface area contributed by atoms with Crippen molar-refractivity contribution in [1.29, 1.82) is 0 Å². The topological polar surface area (TPSA) is 63.0 Å². The summed E-state index contributed by atoms with van der Waals surface area (Å²) < 4.78 is 2.67. The van der Waals surface area contributed by atoms with Crippen LogP contribution in [0.4, 0.5) is 11.6 Å². The van der Waals surface area contributed by atoms with Crippen LogP contribution in [-0.4, -0.2) is 50.9 Å². The van der Waals surface area contributed by atoms with Crippen LogP contribution in [0.2, 0.25) is 5.02 Å². The number of aryl methyl sites for hydroxylation is 1. The quantitative estimate of drug-likeness (QED) is 0.631. The van der Waals surface area contributed by atoms with Crippen LogP contribution in [0, 0.1) is 6.92 Å². The fourth-order valence-corrected chi connectivity index (χ4v) is 3.90. The lowest BCUT2D eigenvalue weighted by Crippen LogP contribution is -2.47. The van der Waals surface area contributed by atoms with Crippen LogP contribution in [0.15, 0.2) is 41.3 Å². The third kappa shape index (κ3) is 3.52. The maximum atomic E-state index is 5.99. The van der Waals surface area contributed by atoms with Crippen molar-refractivity contribution in [2.75, 3.05) is 36.0 Å². The standard InChI is InChI=1S/C17H17BrClN7/c1-12-22-15(10-16(23-12)26-4-2-3-21-26)24-5-7-25(8-6-24)17-14(18)9-13(19)11-20-17/h2-4,9-11H,5-8H2,1H3. The van der Waals surface area contributed by atoms with Gasteiger partial charge in [0.15, 0.2) is 5.82 Å². The molecule has 0 saturated carbocycles. The molecule has 9 heteroatoms.